The molecule has 1 aromatic heterocycles. The lowest BCUT2D eigenvalue weighted by molar-refractivity contribution is -0.127. The molecule has 16 heavy (non-hydrogen) atoms. The van der Waals surface area contributed by atoms with Gasteiger partial charge in [-0.25, -0.2) is 0 Å². The lowest BCUT2D eigenvalue weighted by Crippen LogP contribution is -2.30. The van der Waals surface area contributed by atoms with E-state index in [0.29, 0.717) is 13.1 Å². The zero-order chi connectivity index (χ0) is 11.5. The van der Waals surface area contributed by atoms with Gasteiger partial charge in [-0.05, 0) is 6.07 Å². The summed E-state index contributed by atoms with van der Waals surface area (Å²) in [6, 6.07) is 1.94. The van der Waals surface area contributed by atoms with E-state index in [1.165, 1.54) is 0 Å². The Hall–Kier alpha value is -1.07. The number of nitrogens with zero attached hydrogens (tertiary/aromatic N) is 3. The van der Waals surface area contributed by atoms with Crippen molar-refractivity contribution in [2.75, 3.05) is 26.1 Å². The van der Waals surface area contributed by atoms with Crippen molar-refractivity contribution in [3.05, 3.63) is 18.5 Å². The van der Waals surface area contributed by atoms with Gasteiger partial charge >= 0.3 is 0 Å². The van der Waals surface area contributed by atoms with E-state index in [1.54, 1.807) is 18.2 Å². The average Bonchev–Trinajstić information content (AvgIpc) is 2.95. The standard InChI is InChI=1S/C10H14ClN3O2/c1-16-9-7-13(10(15)5-11)6-8(9)14-4-2-3-12-14/h2-4,8-9H,5-7H2,1H3/t8-,9+/m0/s1. The number of likely N-dealkylation sites (tertiary alicyclic amines) is 1. The first-order valence-corrected chi connectivity index (χ1v) is 5.65. The van der Waals surface area contributed by atoms with E-state index in [1.807, 2.05) is 16.9 Å². The Labute approximate surface area is 98.9 Å². The molecule has 6 heteroatoms. The Morgan fingerprint density at radius 2 is 2.44 bits per heavy atom. The molecule has 0 bridgehead atoms. The van der Waals surface area contributed by atoms with Crippen LogP contribution in [-0.2, 0) is 9.53 Å². The molecule has 88 valence electrons. The van der Waals surface area contributed by atoms with Gasteiger partial charge in [0.2, 0.25) is 5.91 Å². The molecule has 1 aromatic rings. The molecule has 0 spiro atoms. The van der Waals surface area contributed by atoms with Gasteiger partial charge in [-0.1, -0.05) is 0 Å². The Morgan fingerprint density at radius 1 is 1.62 bits per heavy atom. The molecule has 0 radical (unpaired) electrons. The molecule has 0 N–H and O–H groups in total. The second kappa shape index (κ2) is 4.84. The minimum atomic E-state index is -0.0571. The first kappa shape index (κ1) is 11.4. The Bertz CT molecular complexity index is 355. The van der Waals surface area contributed by atoms with Crippen molar-refractivity contribution in [2.45, 2.75) is 12.1 Å². The minimum Gasteiger partial charge on any atom is -0.377 e. The number of rotatable bonds is 3. The lowest BCUT2D eigenvalue weighted by atomic mass is 10.2. The number of carbonyl (C=O) groups is 1. The van der Waals surface area contributed by atoms with Gasteiger partial charge in [-0.3, -0.25) is 9.48 Å². The summed E-state index contributed by atoms with van der Waals surface area (Å²) in [7, 11) is 1.65. The lowest BCUT2D eigenvalue weighted by Gasteiger charge is -2.16. The SMILES string of the molecule is CO[C@@H]1CN(C(=O)CCl)C[C@@H]1n1cccn1. The zero-order valence-corrected chi connectivity index (χ0v) is 9.80. The largest absolute Gasteiger partial charge is 0.377 e. The number of ether oxygens (including phenoxy) is 1. The normalized spacial score (nSPS) is 25.0. The molecule has 1 saturated heterocycles. The fourth-order valence-corrected chi connectivity index (χ4v) is 2.18. The molecule has 0 saturated carbocycles. The van der Waals surface area contributed by atoms with Crippen molar-refractivity contribution in [1.82, 2.24) is 14.7 Å². The highest BCUT2D eigenvalue weighted by atomic mass is 35.5. The van der Waals surface area contributed by atoms with E-state index in [9.17, 15) is 4.79 Å². The van der Waals surface area contributed by atoms with Gasteiger partial charge in [-0.2, -0.15) is 5.10 Å². The average molecular weight is 244 g/mol. The smallest absolute Gasteiger partial charge is 0.237 e. The van der Waals surface area contributed by atoms with E-state index in [2.05, 4.69) is 5.10 Å². The topological polar surface area (TPSA) is 47.4 Å². The molecule has 1 fully saturated rings. The van der Waals surface area contributed by atoms with Gasteiger partial charge < -0.3 is 9.64 Å². The summed E-state index contributed by atoms with van der Waals surface area (Å²) in [5, 5.41) is 4.18. The summed E-state index contributed by atoms with van der Waals surface area (Å²) in [5.41, 5.74) is 0. The molecule has 0 aromatic carbocycles. The fourth-order valence-electron chi connectivity index (χ4n) is 2.01. The van der Waals surface area contributed by atoms with Crippen LogP contribution in [0.5, 0.6) is 0 Å². The van der Waals surface area contributed by atoms with Crippen LogP contribution in [0.3, 0.4) is 0 Å². The number of carbonyl (C=O) groups excluding carboxylic acids is 1. The van der Waals surface area contributed by atoms with Crippen LogP contribution in [-0.4, -0.2) is 52.8 Å². The second-order valence-electron chi connectivity index (χ2n) is 3.76. The van der Waals surface area contributed by atoms with E-state index in [-0.39, 0.29) is 23.9 Å². The summed E-state index contributed by atoms with van der Waals surface area (Å²) in [6.07, 6.45) is 3.58. The molecule has 1 amide bonds. The maximum atomic E-state index is 11.5. The van der Waals surface area contributed by atoms with Gasteiger partial charge in [-0.15, -0.1) is 11.6 Å². The summed E-state index contributed by atoms with van der Waals surface area (Å²) in [4.78, 5) is 13.2. The predicted molar refractivity (Wildman–Crippen MR) is 59.4 cm³/mol. The summed E-state index contributed by atoms with van der Waals surface area (Å²) in [5.74, 6) is -0.0409. The van der Waals surface area contributed by atoms with Gasteiger partial charge in [0.1, 0.15) is 5.88 Å². The van der Waals surface area contributed by atoms with E-state index < -0.39 is 0 Å². The number of hydrogen-bond donors (Lipinski definition) is 0. The number of hydrogen-bond acceptors (Lipinski definition) is 3. The van der Waals surface area contributed by atoms with Crippen molar-refractivity contribution < 1.29 is 9.53 Å². The Morgan fingerprint density at radius 3 is 3.00 bits per heavy atom. The zero-order valence-electron chi connectivity index (χ0n) is 9.04. The van der Waals surface area contributed by atoms with Crippen molar-refractivity contribution in [3.8, 4) is 0 Å². The predicted octanol–water partition coefficient (Wildman–Crippen LogP) is 0.520. The maximum absolute atomic E-state index is 11.5. The van der Waals surface area contributed by atoms with Crippen LogP contribution < -0.4 is 0 Å². The van der Waals surface area contributed by atoms with Crippen molar-refractivity contribution in [3.63, 3.8) is 0 Å². The molecule has 1 aliphatic rings. The van der Waals surface area contributed by atoms with Crippen LogP contribution in [0, 0.1) is 0 Å². The first-order valence-electron chi connectivity index (χ1n) is 5.12. The van der Waals surface area contributed by atoms with Gasteiger partial charge in [0, 0.05) is 32.6 Å². The summed E-state index contributed by atoms with van der Waals surface area (Å²) in [6.45, 7) is 1.18. The second-order valence-corrected chi connectivity index (χ2v) is 4.03. The Balaban J connectivity index is 2.11. The number of halogens is 1. The highest BCUT2D eigenvalue weighted by molar-refractivity contribution is 6.27. The number of alkyl halides is 1. The molecule has 1 aliphatic heterocycles. The molecule has 2 atom stereocenters. The quantitative estimate of drug-likeness (QED) is 0.728. The molecule has 5 nitrogen and oxygen atoms in total. The molecule has 2 rings (SSSR count). The van der Waals surface area contributed by atoms with Crippen LogP contribution in [0.15, 0.2) is 18.5 Å². The summed E-state index contributed by atoms with van der Waals surface area (Å²) < 4.78 is 7.20. The first-order chi connectivity index (χ1) is 7.76. The third-order valence-corrected chi connectivity index (χ3v) is 3.10. The van der Waals surface area contributed by atoms with Crippen molar-refractivity contribution in [2.24, 2.45) is 0 Å². The number of amides is 1. The van der Waals surface area contributed by atoms with Gasteiger partial charge in [0.25, 0.3) is 0 Å². The molecular weight excluding hydrogens is 230 g/mol. The molecule has 0 unspecified atom stereocenters. The van der Waals surface area contributed by atoms with Crippen LogP contribution in [0.4, 0.5) is 0 Å². The van der Waals surface area contributed by atoms with E-state index >= 15 is 0 Å². The fraction of sp³-hybridized carbons (Fsp3) is 0.600. The number of methoxy groups -OCH3 is 1. The van der Waals surface area contributed by atoms with Gasteiger partial charge in [0.15, 0.2) is 0 Å². The van der Waals surface area contributed by atoms with Crippen LogP contribution in [0.1, 0.15) is 6.04 Å². The maximum Gasteiger partial charge on any atom is 0.237 e. The monoisotopic (exact) mass is 243 g/mol. The van der Waals surface area contributed by atoms with Gasteiger partial charge in [0.05, 0.1) is 12.1 Å². The summed E-state index contributed by atoms with van der Waals surface area (Å²) >= 11 is 5.54. The van der Waals surface area contributed by atoms with E-state index in [4.69, 9.17) is 16.3 Å². The van der Waals surface area contributed by atoms with E-state index in [0.717, 1.165) is 0 Å². The Kier molecular flexibility index (Phi) is 3.46. The highest BCUT2D eigenvalue weighted by Gasteiger charge is 2.36. The number of aromatic nitrogens is 2. The third-order valence-electron chi connectivity index (χ3n) is 2.87. The van der Waals surface area contributed by atoms with Crippen LogP contribution in [0.25, 0.3) is 0 Å². The van der Waals surface area contributed by atoms with Crippen molar-refractivity contribution >= 4 is 17.5 Å². The highest BCUT2D eigenvalue weighted by Crippen LogP contribution is 2.23. The van der Waals surface area contributed by atoms with Crippen LogP contribution in [0.2, 0.25) is 0 Å². The minimum absolute atomic E-state index is 0.0161. The van der Waals surface area contributed by atoms with Crippen LogP contribution >= 0.6 is 11.6 Å². The third kappa shape index (κ3) is 2.05. The molecule has 2 heterocycles. The molecule has 0 aliphatic carbocycles. The molecular formula is C10H14ClN3O2. The van der Waals surface area contributed by atoms with Crippen molar-refractivity contribution in [1.29, 1.82) is 0 Å².